The second-order valence-corrected chi connectivity index (χ2v) is 4.39. The number of nitrogens with zero attached hydrogens (tertiary/aromatic N) is 1. The summed E-state index contributed by atoms with van der Waals surface area (Å²) < 4.78 is 0. The predicted molar refractivity (Wildman–Crippen MR) is 56.1 cm³/mol. The zero-order valence-electron chi connectivity index (χ0n) is 8.96. The van der Waals surface area contributed by atoms with E-state index in [2.05, 4.69) is 10.2 Å². The smallest absolute Gasteiger partial charge is 0.222 e. The van der Waals surface area contributed by atoms with Crippen molar-refractivity contribution in [3.8, 4) is 0 Å². The van der Waals surface area contributed by atoms with Gasteiger partial charge in [-0.05, 0) is 32.2 Å². The summed E-state index contributed by atoms with van der Waals surface area (Å²) in [4.78, 5) is 14.0. The van der Waals surface area contributed by atoms with Gasteiger partial charge in [0.25, 0.3) is 0 Å². The Morgan fingerprint density at radius 3 is 2.93 bits per heavy atom. The molecule has 2 fully saturated rings. The van der Waals surface area contributed by atoms with Crippen molar-refractivity contribution in [3.05, 3.63) is 0 Å². The number of nitrogens with one attached hydrogen (secondary N) is 1. The largest absolute Gasteiger partial charge is 0.335 e. The van der Waals surface area contributed by atoms with Gasteiger partial charge in [0.1, 0.15) is 0 Å². The summed E-state index contributed by atoms with van der Waals surface area (Å²) in [5.41, 5.74) is 0. The Kier molecular flexibility index (Phi) is 3.06. The summed E-state index contributed by atoms with van der Waals surface area (Å²) in [6.45, 7) is 4.05. The molecule has 1 amide bonds. The molecule has 0 aromatic rings. The average molecular weight is 196 g/mol. The number of carbonyl (C=O) groups excluding carboxylic acids is 1. The van der Waals surface area contributed by atoms with Crippen LogP contribution in [0.25, 0.3) is 0 Å². The Morgan fingerprint density at radius 1 is 1.36 bits per heavy atom. The highest BCUT2D eigenvalue weighted by atomic mass is 16.2. The van der Waals surface area contributed by atoms with Crippen LogP contribution in [0.5, 0.6) is 0 Å². The van der Waals surface area contributed by atoms with Crippen molar-refractivity contribution < 1.29 is 4.79 Å². The summed E-state index contributed by atoms with van der Waals surface area (Å²) in [7, 11) is 0. The maximum atomic E-state index is 11.8. The number of hydrogen-bond donors (Lipinski definition) is 1. The second-order valence-electron chi connectivity index (χ2n) is 4.39. The zero-order chi connectivity index (χ0) is 9.97. The Labute approximate surface area is 85.8 Å². The molecule has 80 valence electrons. The van der Waals surface area contributed by atoms with Crippen molar-refractivity contribution in [2.75, 3.05) is 13.1 Å². The first-order valence-corrected chi connectivity index (χ1v) is 5.84. The standard InChI is InChI=1S/C11H20N2O/c1-2-11(14)13-9-4-3-5-10(13)8-12-7-6-9/h9-10,12H,2-8H2,1H3. The van der Waals surface area contributed by atoms with E-state index >= 15 is 0 Å². The fourth-order valence-corrected chi connectivity index (χ4v) is 2.78. The maximum absolute atomic E-state index is 11.8. The van der Waals surface area contributed by atoms with Crippen molar-refractivity contribution in [1.29, 1.82) is 0 Å². The predicted octanol–water partition coefficient (Wildman–Crippen LogP) is 1.14. The molecular formula is C11H20N2O. The molecular weight excluding hydrogens is 176 g/mol. The van der Waals surface area contributed by atoms with Gasteiger partial charge in [-0.2, -0.15) is 0 Å². The van der Waals surface area contributed by atoms with Gasteiger partial charge in [-0.3, -0.25) is 4.79 Å². The molecule has 0 aliphatic carbocycles. The first kappa shape index (κ1) is 9.97. The van der Waals surface area contributed by atoms with E-state index < -0.39 is 0 Å². The number of amides is 1. The minimum absolute atomic E-state index is 0.350. The number of carbonyl (C=O) groups is 1. The monoisotopic (exact) mass is 196 g/mol. The Morgan fingerprint density at radius 2 is 2.14 bits per heavy atom. The van der Waals surface area contributed by atoms with Crippen LogP contribution in [-0.2, 0) is 4.79 Å². The summed E-state index contributed by atoms with van der Waals surface area (Å²) in [5, 5.41) is 3.43. The summed E-state index contributed by atoms with van der Waals surface area (Å²) in [6.07, 6.45) is 5.50. The number of rotatable bonds is 1. The molecule has 3 heteroatoms. The van der Waals surface area contributed by atoms with Crippen LogP contribution < -0.4 is 5.32 Å². The highest BCUT2D eigenvalue weighted by Gasteiger charge is 2.34. The van der Waals surface area contributed by atoms with Gasteiger partial charge in [-0.25, -0.2) is 0 Å². The van der Waals surface area contributed by atoms with E-state index in [0.717, 1.165) is 19.5 Å². The first-order chi connectivity index (χ1) is 6.83. The van der Waals surface area contributed by atoms with Gasteiger partial charge in [-0.1, -0.05) is 6.92 Å². The van der Waals surface area contributed by atoms with Crippen LogP contribution in [0.15, 0.2) is 0 Å². The molecule has 0 spiro atoms. The molecule has 2 atom stereocenters. The van der Waals surface area contributed by atoms with Crippen LogP contribution >= 0.6 is 0 Å². The SMILES string of the molecule is CCC(=O)N1C2CCCC1CNCC2. The number of hydrogen-bond acceptors (Lipinski definition) is 2. The van der Waals surface area contributed by atoms with E-state index in [9.17, 15) is 4.79 Å². The van der Waals surface area contributed by atoms with Crippen LogP contribution in [0, 0.1) is 0 Å². The summed E-state index contributed by atoms with van der Waals surface area (Å²) in [5.74, 6) is 0.350. The Hall–Kier alpha value is -0.570. The third-order valence-electron chi connectivity index (χ3n) is 3.49. The average Bonchev–Trinajstić information content (AvgIpc) is 2.33. The molecule has 0 radical (unpaired) electrons. The van der Waals surface area contributed by atoms with Crippen molar-refractivity contribution in [3.63, 3.8) is 0 Å². The van der Waals surface area contributed by atoms with E-state index in [1.54, 1.807) is 0 Å². The van der Waals surface area contributed by atoms with E-state index in [1.807, 2.05) is 6.92 Å². The molecule has 2 aliphatic rings. The quantitative estimate of drug-likeness (QED) is 0.682. The third kappa shape index (κ3) is 1.78. The summed E-state index contributed by atoms with van der Waals surface area (Å²) in [6, 6.07) is 1.000. The topological polar surface area (TPSA) is 32.3 Å². The van der Waals surface area contributed by atoms with Crippen molar-refractivity contribution in [2.45, 2.75) is 51.1 Å². The molecule has 2 unspecified atom stereocenters. The minimum atomic E-state index is 0.350. The Bertz CT molecular complexity index is 203. The normalized spacial score (nSPS) is 32.5. The van der Waals surface area contributed by atoms with Crippen molar-refractivity contribution in [2.24, 2.45) is 0 Å². The van der Waals surface area contributed by atoms with Gasteiger partial charge in [0, 0.05) is 25.0 Å². The molecule has 2 heterocycles. The van der Waals surface area contributed by atoms with Crippen molar-refractivity contribution >= 4 is 5.91 Å². The van der Waals surface area contributed by atoms with E-state index in [0.29, 0.717) is 24.4 Å². The van der Waals surface area contributed by atoms with Crippen LogP contribution in [0.4, 0.5) is 0 Å². The molecule has 3 nitrogen and oxygen atoms in total. The fraction of sp³-hybridized carbons (Fsp3) is 0.909. The van der Waals surface area contributed by atoms with Gasteiger partial charge < -0.3 is 10.2 Å². The fourth-order valence-electron chi connectivity index (χ4n) is 2.78. The van der Waals surface area contributed by atoms with Gasteiger partial charge in [0.2, 0.25) is 5.91 Å². The second kappa shape index (κ2) is 4.30. The molecule has 1 N–H and O–H groups in total. The van der Waals surface area contributed by atoms with Gasteiger partial charge in [-0.15, -0.1) is 0 Å². The van der Waals surface area contributed by atoms with Gasteiger partial charge in [0.05, 0.1) is 0 Å². The molecule has 0 aromatic heterocycles. The Balaban J connectivity index is 2.14. The van der Waals surface area contributed by atoms with Crippen LogP contribution in [0.2, 0.25) is 0 Å². The lowest BCUT2D eigenvalue weighted by Gasteiger charge is -2.40. The molecule has 0 saturated carbocycles. The highest BCUT2D eigenvalue weighted by molar-refractivity contribution is 5.76. The lowest BCUT2D eigenvalue weighted by Crippen LogP contribution is -2.50. The van der Waals surface area contributed by atoms with Crippen LogP contribution in [0.1, 0.15) is 39.0 Å². The zero-order valence-corrected chi connectivity index (χ0v) is 8.96. The van der Waals surface area contributed by atoms with Crippen LogP contribution in [0.3, 0.4) is 0 Å². The van der Waals surface area contributed by atoms with E-state index in [-0.39, 0.29) is 0 Å². The lowest BCUT2D eigenvalue weighted by molar-refractivity contribution is -0.137. The van der Waals surface area contributed by atoms with E-state index in [4.69, 9.17) is 0 Å². The molecule has 2 saturated heterocycles. The number of fused-ring (bicyclic) bond motifs is 2. The lowest BCUT2D eigenvalue weighted by atomic mass is 9.94. The molecule has 2 bridgehead atoms. The molecule has 14 heavy (non-hydrogen) atoms. The third-order valence-corrected chi connectivity index (χ3v) is 3.49. The molecule has 2 aliphatic heterocycles. The van der Waals surface area contributed by atoms with Crippen LogP contribution in [-0.4, -0.2) is 36.0 Å². The first-order valence-electron chi connectivity index (χ1n) is 5.84. The number of piperidine rings is 1. The van der Waals surface area contributed by atoms with Gasteiger partial charge in [0.15, 0.2) is 0 Å². The highest BCUT2D eigenvalue weighted by Crippen LogP contribution is 2.26. The van der Waals surface area contributed by atoms with Gasteiger partial charge >= 0.3 is 0 Å². The maximum Gasteiger partial charge on any atom is 0.222 e. The minimum Gasteiger partial charge on any atom is -0.335 e. The molecule has 2 rings (SSSR count). The molecule has 0 aromatic carbocycles. The van der Waals surface area contributed by atoms with Crippen molar-refractivity contribution in [1.82, 2.24) is 10.2 Å². The summed E-state index contributed by atoms with van der Waals surface area (Å²) >= 11 is 0. The van der Waals surface area contributed by atoms with E-state index in [1.165, 1.54) is 19.3 Å².